The first-order valence-corrected chi connectivity index (χ1v) is 11.9. The molecule has 1 heterocycles. The molecule has 2 aromatic rings. The molecule has 8 heteroatoms. The summed E-state index contributed by atoms with van der Waals surface area (Å²) in [5.41, 5.74) is 2.13. The summed E-state index contributed by atoms with van der Waals surface area (Å²) in [6.07, 6.45) is 6.48. The van der Waals surface area contributed by atoms with E-state index in [1.807, 2.05) is 0 Å². The summed E-state index contributed by atoms with van der Waals surface area (Å²) >= 11 is 7.38. The predicted molar refractivity (Wildman–Crippen MR) is 122 cm³/mol. The van der Waals surface area contributed by atoms with Crippen LogP contribution in [-0.2, 0) is 22.4 Å². The molecule has 164 valence electrons. The fourth-order valence-corrected chi connectivity index (χ4v) is 5.98. The zero-order chi connectivity index (χ0) is 22.0. The van der Waals surface area contributed by atoms with E-state index in [1.54, 1.807) is 24.3 Å². The number of halogens is 1. The quantitative estimate of drug-likeness (QED) is 0.559. The lowest BCUT2D eigenvalue weighted by molar-refractivity contribution is -0.147. The minimum absolute atomic E-state index is 0.268. The minimum Gasteiger partial charge on any atom is -0.481 e. The highest BCUT2D eigenvalue weighted by atomic mass is 35.5. The molecule has 2 aliphatic rings. The Hall–Kier alpha value is -2.38. The monoisotopic (exact) mass is 460 g/mol. The van der Waals surface area contributed by atoms with Crippen LogP contribution in [-0.4, -0.2) is 22.9 Å². The highest BCUT2D eigenvalue weighted by Gasteiger charge is 2.37. The first-order valence-electron chi connectivity index (χ1n) is 10.7. The van der Waals surface area contributed by atoms with Gasteiger partial charge in [-0.1, -0.05) is 24.4 Å². The van der Waals surface area contributed by atoms with Gasteiger partial charge in [0, 0.05) is 15.6 Å². The van der Waals surface area contributed by atoms with Crippen molar-refractivity contribution in [3.63, 3.8) is 0 Å². The number of nitrogens with one attached hydrogen (secondary N) is 2. The summed E-state index contributed by atoms with van der Waals surface area (Å²) in [5.74, 6) is -2.74. The van der Waals surface area contributed by atoms with Gasteiger partial charge in [0.1, 0.15) is 5.00 Å². The van der Waals surface area contributed by atoms with Gasteiger partial charge in [-0.2, -0.15) is 0 Å². The lowest BCUT2D eigenvalue weighted by Crippen LogP contribution is -2.36. The van der Waals surface area contributed by atoms with E-state index in [0.717, 1.165) is 49.0 Å². The van der Waals surface area contributed by atoms with Crippen molar-refractivity contribution >= 4 is 51.4 Å². The van der Waals surface area contributed by atoms with Gasteiger partial charge in [0.25, 0.3) is 5.91 Å². The molecule has 31 heavy (non-hydrogen) atoms. The summed E-state index contributed by atoms with van der Waals surface area (Å²) in [4.78, 5) is 39.0. The number of hydrogen-bond donors (Lipinski definition) is 3. The maximum absolute atomic E-state index is 13.2. The maximum atomic E-state index is 13.2. The molecule has 4 rings (SSSR count). The molecular weight excluding hydrogens is 436 g/mol. The molecule has 0 aliphatic heterocycles. The van der Waals surface area contributed by atoms with Gasteiger partial charge in [-0.05, 0) is 68.4 Å². The van der Waals surface area contributed by atoms with Crippen LogP contribution in [0.5, 0.6) is 0 Å². The number of rotatable bonds is 5. The summed E-state index contributed by atoms with van der Waals surface area (Å²) in [5, 5.41) is 16.5. The highest BCUT2D eigenvalue weighted by Crippen LogP contribution is 2.40. The number of anilines is 2. The van der Waals surface area contributed by atoms with Crippen molar-refractivity contribution in [1.82, 2.24) is 0 Å². The normalized spacial score (nSPS) is 20.5. The molecule has 2 amide bonds. The van der Waals surface area contributed by atoms with Crippen molar-refractivity contribution in [3.05, 3.63) is 45.3 Å². The van der Waals surface area contributed by atoms with Gasteiger partial charge in [-0.25, -0.2) is 0 Å². The fraction of sp³-hybridized carbons (Fsp3) is 0.435. The maximum Gasteiger partial charge on any atom is 0.307 e. The Morgan fingerprint density at radius 1 is 0.935 bits per heavy atom. The number of aliphatic carboxylic acids is 1. The second-order valence-electron chi connectivity index (χ2n) is 8.20. The standard InChI is InChI=1S/C23H25ClN2O4S/c24-13-9-11-14(12-10-13)25-21(28)19-17-7-3-4-8-18(17)31-22(19)26-20(27)15-5-1-2-6-16(15)23(29)30/h9-12,15-16H,1-8H2,(H,25,28)(H,26,27)(H,29,30)/t15-,16?/m0/s1. The van der Waals surface area contributed by atoms with E-state index in [1.165, 1.54) is 11.3 Å². The number of carboxylic acid groups (broad SMARTS) is 1. The predicted octanol–water partition coefficient (Wildman–Crippen LogP) is 5.36. The summed E-state index contributed by atoms with van der Waals surface area (Å²) in [6, 6.07) is 6.88. The van der Waals surface area contributed by atoms with Gasteiger partial charge >= 0.3 is 5.97 Å². The molecule has 0 bridgehead atoms. The van der Waals surface area contributed by atoms with Crippen LogP contribution in [0, 0.1) is 11.8 Å². The molecule has 1 unspecified atom stereocenters. The zero-order valence-electron chi connectivity index (χ0n) is 17.1. The Labute approximate surface area is 190 Å². The van der Waals surface area contributed by atoms with Crippen LogP contribution in [0.15, 0.2) is 24.3 Å². The topological polar surface area (TPSA) is 95.5 Å². The van der Waals surface area contributed by atoms with Gasteiger partial charge < -0.3 is 15.7 Å². The van der Waals surface area contributed by atoms with E-state index in [9.17, 15) is 19.5 Å². The van der Waals surface area contributed by atoms with Gasteiger partial charge in [0.2, 0.25) is 5.91 Å². The Bertz CT molecular complexity index is 1000. The third-order valence-electron chi connectivity index (χ3n) is 6.16. The molecule has 1 fully saturated rings. The first-order chi connectivity index (χ1) is 14.9. The molecule has 1 saturated carbocycles. The highest BCUT2D eigenvalue weighted by molar-refractivity contribution is 7.17. The summed E-state index contributed by atoms with van der Waals surface area (Å²) < 4.78 is 0. The van der Waals surface area contributed by atoms with E-state index in [4.69, 9.17) is 11.6 Å². The van der Waals surface area contributed by atoms with Crippen molar-refractivity contribution < 1.29 is 19.5 Å². The molecule has 6 nitrogen and oxygen atoms in total. The number of carbonyl (C=O) groups is 3. The van der Waals surface area contributed by atoms with Crippen molar-refractivity contribution in [3.8, 4) is 0 Å². The summed E-state index contributed by atoms with van der Waals surface area (Å²) in [7, 11) is 0. The van der Waals surface area contributed by atoms with Crippen LogP contribution in [0.3, 0.4) is 0 Å². The van der Waals surface area contributed by atoms with E-state index < -0.39 is 17.8 Å². The van der Waals surface area contributed by atoms with Gasteiger partial charge in [0.15, 0.2) is 0 Å². The van der Waals surface area contributed by atoms with Crippen LogP contribution in [0.2, 0.25) is 5.02 Å². The fourth-order valence-electron chi connectivity index (χ4n) is 4.57. The van der Waals surface area contributed by atoms with Gasteiger partial charge in [0.05, 0.1) is 17.4 Å². The Morgan fingerprint density at radius 2 is 1.61 bits per heavy atom. The van der Waals surface area contributed by atoms with Crippen molar-refractivity contribution in [2.45, 2.75) is 51.4 Å². The second-order valence-corrected chi connectivity index (χ2v) is 9.74. The number of thiophene rings is 1. The van der Waals surface area contributed by atoms with Gasteiger partial charge in [-0.3, -0.25) is 14.4 Å². The SMILES string of the molecule is O=C(Nc1ccc(Cl)cc1)c1c(NC(=O)[C@H]2CCCCC2C(=O)O)sc2c1CCCC2. The molecule has 2 aliphatic carbocycles. The molecule has 3 N–H and O–H groups in total. The minimum atomic E-state index is -0.925. The van der Waals surface area contributed by atoms with Crippen molar-refractivity contribution in [2.24, 2.45) is 11.8 Å². The number of carboxylic acids is 1. The molecule has 0 radical (unpaired) electrons. The lowest BCUT2D eigenvalue weighted by Gasteiger charge is -2.27. The van der Waals surface area contributed by atoms with Crippen LogP contribution < -0.4 is 10.6 Å². The van der Waals surface area contributed by atoms with Crippen LogP contribution in [0.4, 0.5) is 10.7 Å². The van der Waals surface area contributed by atoms with Crippen LogP contribution in [0.1, 0.15) is 59.3 Å². The average molecular weight is 461 g/mol. The van der Waals surface area contributed by atoms with Crippen LogP contribution in [0.25, 0.3) is 0 Å². The first kappa shape index (κ1) is 21.8. The molecule has 2 atom stereocenters. The lowest BCUT2D eigenvalue weighted by atomic mass is 9.78. The number of hydrogen-bond acceptors (Lipinski definition) is 4. The molecule has 0 saturated heterocycles. The second kappa shape index (κ2) is 9.40. The Balaban J connectivity index is 1.60. The third kappa shape index (κ3) is 4.77. The third-order valence-corrected chi connectivity index (χ3v) is 7.62. The van der Waals surface area contributed by atoms with Crippen molar-refractivity contribution in [1.29, 1.82) is 0 Å². The number of benzene rings is 1. The van der Waals surface area contributed by atoms with E-state index in [0.29, 0.717) is 34.1 Å². The number of carbonyl (C=O) groups excluding carboxylic acids is 2. The average Bonchev–Trinajstić information content (AvgIpc) is 3.13. The number of aryl methyl sites for hydroxylation is 1. The van der Waals surface area contributed by atoms with Crippen molar-refractivity contribution in [2.75, 3.05) is 10.6 Å². The Kier molecular flexibility index (Phi) is 6.62. The smallest absolute Gasteiger partial charge is 0.307 e. The number of amides is 2. The van der Waals surface area contributed by atoms with E-state index >= 15 is 0 Å². The number of fused-ring (bicyclic) bond motifs is 1. The van der Waals surface area contributed by atoms with Gasteiger partial charge in [-0.15, -0.1) is 11.3 Å². The van der Waals surface area contributed by atoms with E-state index in [2.05, 4.69) is 10.6 Å². The van der Waals surface area contributed by atoms with Crippen LogP contribution >= 0.6 is 22.9 Å². The molecule has 1 aromatic heterocycles. The summed E-state index contributed by atoms with van der Waals surface area (Å²) in [6.45, 7) is 0. The zero-order valence-corrected chi connectivity index (χ0v) is 18.7. The largest absolute Gasteiger partial charge is 0.481 e. The van der Waals surface area contributed by atoms with E-state index in [-0.39, 0.29) is 11.8 Å². The molecule has 0 spiro atoms. The molecule has 1 aromatic carbocycles. The Morgan fingerprint density at radius 3 is 2.32 bits per heavy atom. The molecular formula is C23H25ClN2O4S.